The highest BCUT2D eigenvalue weighted by Gasteiger charge is 2.32. The molecule has 1 fully saturated rings. The summed E-state index contributed by atoms with van der Waals surface area (Å²) in [5.74, 6) is 0.388. The molecule has 0 amide bonds. The minimum absolute atomic E-state index is 0.388. The predicted molar refractivity (Wildman–Crippen MR) is 81.2 cm³/mol. The van der Waals surface area contributed by atoms with Crippen molar-refractivity contribution >= 4 is 23.2 Å². The summed E-state index contributed by atoms with van der Waals surface area (Å²) in [5, 5.41) is 11.6. The first-order valence-electron chi connectivity index (χ1n) is 6.71. The molecule has 1 atom stereocenters. The maximum Gasteiger partial charge on any atom is 0.0835 e. The number of rotatable bonds is 4. The third kappa shape index (κ3) is 2.98. The van der Waals surface area contributed by atoms with Crippen LogP contribution in [0.1, 0.15) is 35.8 Å². The van der Waals surface area contributed by atoms with Crippen LogP contribution in [0.2, 0.25) is 10.0 Å². The Morgan fingerprint density at radius 1 is 1.25 bits per heavy atom. The van der Waals surface area contributed by atoms with Gasteiger partial charge in [0.05, 0.1) is 11.8 Å². The van der Waals surface area contributed by atoms with Crippen LogP contribution in [-0.4, -0.2) is 10.1 Å². The molecule has 1 N–H and O–H groups in total. The highest BCUT2D eigenvalue weighted by molar-refractivity contribution is 6.35. The first-order chi connectivity index (χ1) is 9.65. The standard InChI is InChI=1S/C16H15Cl2NO/c17-12-6-5-11(14(18)9-12)8-15-13(2-1-7-19-15)16(20)10-3-4-10/h1-2,5-7,9-10,16,20H,3-4,8H2. The largest absolute Gasteiger partial charge is 0.388 e. The van der Waals surface area contributed by atoms with Crippen molar-refractivity contribution in [2.75, 3.05) is 0 Å². The zero-order valence-corrected chi connectivity index (χ0v) is 12.4. The van der Waals surface area contributed by atoms with E-state index in [1.54, 1.807) is 12.3 Å². The Bertz CT molecular complexity index is 626. The topological polar surface area (TPSA) is 33.1 Å². The quantitative estimate of drug-likeness (QED) is 0.907. The SMILES string of the molecule is OC(c1cccnc1Cc1ccc(Cl)cc1Cl)C1CC1. The lowest BCUT2D eigenvalue weighted by atomic mass is 9.99. The van der Waals surface area contributed by atoms with Gasteiger partial charge in [0.2, 0.25) is 0 Å². The summed E-state index contributed by atoms with van der Waals surface area (Å²) in [6.07, 6.45) is 4.14. The van der Waals surface area contributed by atoms with Gasteiger partial charge >= 0.3 is 0 Å². The van der Waals surface area contributed by atoms with E-state index in [2.05, 4.69) is 4.98 Å². The van der Waals surface area contributed by atoms with Gasteiger partial charge in [-0.05, 0) is 42.5 Å². The second-order valence-corrected chi connectivity index (χ2v) is 6.08. The number of hydrogen-bond donors (Lipinski definition) is 1. The van der Waals surface area contributed by atoms with E-state index < -0.39 is 6.10 Å². The van der Waals surface area contributed by atoms with Gasteiger partial charge in [-0.2, -0.15) is 0 Å². The summed E-state index contributed by atoms with van der Waals surface area (Å²) in [7, 11) is 0. The molecule has 4 heteroatoms. The Balaban J connectivity index is 1.90. The molecule has 2 nitrogen and oxygen atoms in total. The average Bonchev–Trinajstić information content (AvgIpc) is 3.26. The highest BCUT2D eigenvalue weighted by Crippen LogP contribution is 2.41. The Morgan fingerprint density at radius 3 is 2.75 bits per heavy atom. The molecular formula is C16H15Cl2NO. The van der Waals surface area contributed by atoms with Crippen LogP contribution in [0.5, 0.6) is 0 Å². The zero-order chi connectivity index (χ0) is 14.1. The van der Waals surface area contributed by atoms with E-state index in [1.165, 1.54) is 0 Å². The molecule has 0 radical (unpaired) electrons. The van der Waals surface area contributed by atoms with Crippen molar-refractivity contribution < 1.29 is 5.11 Å². The van der Waals surface area contributed by atoms with E-state index in [4.69, 9.17) is 23.2 Å². The molecule has 1 unspecified atom stereocenters. The molecule has 104 valence electrons. The van der Waals surface area contributed by atoms with Gasteiger partial charge in [0.25, 0.3) is 0 Å². The zero-order valence-electron chi connectivity index (χ0n) is 10.9. The smallest absolute Gasteiger partial charge is 0.0835 e. The molecule has 0 aliphatic heterocycles. The maximum absolute atomic E-state index is 10.3. The van der Waals surface area contributed by atoms with Crippen molar-refractivity contribution in [1.29, 1.82) is 0 Å². The van der Waals surface area contributed by atoms with Gasteiger partial charge in [-0.25, -0.2) is 0 Å². The fourth-order valence-electron chi connectivity index (χ4n) is 2.38. The molecule has 2 aromatic rings. The van der Waals surface area contributed by atoms with E-state index in [0.717, 1.165) is 29.7 Å². The molecule has 3 rings (SSSR count). The van der Waals surface area contributed by atoms with Gasteiger partial charge in [0.1, 0.15) is 0 Å². The third-order valence-electron chi connectivity index (χ3n) is 3.69. The predicted octanol–water partition coefficient (Wildman–Crippen LogP) is 4.42. The summed E-state index contributed by atoms with van der Waals surface area (Å²) >= 11 is 12.1. The number of benzene rings is 1. The molecule has 0 saturated heterocycles. The van der Waals surface area contributed by atoms with Gasteiger partial charge < -0.3 is 5.11 Å². The average molecular weight is 308 g/mol. The van der Waals surface area contributed by atoms with E-state index in [-0.39, 0.29) is 0 Å². The van der Waals surface area contributed by atoms with E-state index >= 15 is 0 Å². The number of halogens is 2. The van der Waals surface area contributed by atoms with E-state index in [9.17, 15) is 5.11 Å². The Hall–Kier alpha value is -1.09. The van der Waals surface area contributed by atoms with Crippen LogP contribution in [0.3, 0.4) is 0 Å². The Labute approximate surface area is 128 Å². The van der Waals surface area contributed by atoms with Crippen LogP contribution in [0.25, 0.3) is 0 Å². The molecule has 1 aliphatic carbocycles. The molecule has 0 spiro atoms. The molecule has 20 heavy (non-hydrogen) atoms. The van der Waals surface area contributed by atoms with Crippen LogP contribution in [0, 0.1) is 5.92 Å². The van der Waals surface area contributed by atoms with Crippen LogP contribution < -0.4 is 0 Å². The van der Waals surface area contributed by atoms with Crippen molar-refractivity contribution in [1.82, 2.24) is 4.98 Å². The first kappa shape index (κ1) is 13.9. The van der Waals surface area contributed by atoms with Gasteiger partial charge in [-0.1, -0.05) is 35.3 Å². The second-order valence-electron chi connectivity index (χ2n) is 5.23. The minimum atomic E-state index is -0.412. The monoisotopic (exact) mass is 307 g/mol. The fraction of sp³-hybridized carbons (Fsp3) is 0.312. The van der Waals surface area contributed by atoms with E-state index in [1.807, 2.05) is 24.3 Å². The van der Waals surface area contributed by atoms with Crippen LogP contribution >= 0.6 is 23.2 Å². The van der Waals surface area contributed by atoms with Crippen molar-refractivity contribution in [2.24, 2.45) is 5.92 Å². The maximum atomic E-state index is 10.3. The Morgan fingerprint density at radius 2 is 2.05 bits per heavy atom. The number of aromatic nitrogens is 1. The normalized spacial score (nSPS) is 16.1. The van der Waals surface area contributed by atoms with Gasteiger partial charge in [0, 0.05) is 28.2 Å². The van der Waals surface area contributed by atoms with Crippen LogP contribution in [-0.2, 0) is 6.42 Å². The lowest BCUT2D eigenvalue weighted by molar-refractivity contribution is 0.152. The molecule has 1 aliphatic rings. The second kappa shape index (κ2) is 5.72. The van der Waals surface area contributed by atoms with Gasteiger partial charge in [0.15, 0.2) is 0 Å². The van der Waals surface area contributed by atoms with Crippen LogP contribution in [0.4, 0.5) is 0 Å². The van der Waals surface area contributed by atoms with Crippen molar-refractivity contribution in [3.8, 4) is 0 Å². The lowest BCUT2D eigenvalue weighted by Crippen LogP contribution is -2.06. The number of pyridine rings is 1. The van der Waals surface area contributed by atoms with Crippen molar-refractivity contribution in [2.45, 2.75) is 25.4 Å². The number of aliphatic hydroxyl groups is 1. The number of hydrogen-bond acceptors (Lipinski definition) is 2. The van der Waals surface area contributed by atoms with Gasteiger partial charge in [-0.15, -0.1) is 0 Å². The molecule has 0 bridgehead atoms. The Kier molecular flexibility index (Phi) is 3.97. The summed E-state index contributed by atoms with van der Waals surface area (Å²) in [5.41, 5.74) is 2.77. The lowest BCUT2D eigenvalue weighted by Gasteiger charge is -2.14. The van der Waals surface area contributed by atoms with Crippen molar-refractivity contribution in [3.63, 3.8) is 0 Å². The molecule has 1 saturated carbocycles. The molecule has 1 heterocycles. The number of nitrogens with zero attached hydrogens (tertiary/aromatic N) is 1. The number of aliphatic hydroxyl groups excluding tert-OH is 1. The molecule has 1 aromatic carbocycles. The van der Waals surface area contributed by atoms with Crippen LogP contribution in [0.15, 0.2) is 36.5 Å². The van der Waals surface area contributed by atoms with Gasteiger partial charge in [-0.3, -0.25) is 4.98 Å². The third-order valence-corrected chi connectivity index (χ3v) is 4.27. The summed E-state index contributed by atoms with van der Waals surface area (Å²) < 4.78 is 0. The summed E-state index contributed by atoms with van der Waals surface area (Å²) in [6, 6.07) is 9.29. The molecular weight excluding hydrogens is 293 g/mol. The summed E-state index contributed by atoms with van der Waals surface area (Å²) in [4.78, 5) is 4.42. The summed E-state index contributed by atoms with van der Waals surface area (Å²) in [6.45, 7) is 0. The van der Waals surface area contributed by atoms with E-state index in [0.29, 0.717) is 22.4 Å². The fourth-order valence-corrected chi connectivity index (χ4v) is 2.85. The first-order valence-corrected chi connectivity index (χ1v) is 7.46. The minimum Gasteiger partial charge on any atom is -0.388 e. The molecule has 1 aromatic heterocycles. The highest BCUT2D eigenvalue weighted by atomic mass is 35.5. The van der Waals surface area contributed by atoms with Crippen molar-refractivity contribution in [3.05, 3.63) is 63.4 Å².